The number of carbonyl (C=O) groups excluding carboxylic acids is 1. The monoisotopic (exact) mass is 485 g/mol. The number of carbonyl (C=O) groups is 1. The highest BCUT2D eigenvalue weighted by molar-refractivity contribution is 7.71. The molecule has 0 spiro atoms. The fraction of sp³-hybridized carbons (Fsp3) is 0.286. The van der Waals surface area contributed by atoms with Gasteiger partial charge in [-0.1, -0.05) is 6.08 Å². The number of nitrogens with one attached hydrogen (secondary N) is 2. The Labute approximate surface area is 198 Å². The number of anilines is 1. The number of hydrogen-bond donors (Lipinski definition) is 2. The molecule has 0 saturated carbocycles. The molecule has 0 atom stereocenters. The maximum absolute atomic E-state index is 12.7. The Morgan fingerprint density at radius 1 is 1.25 bits per heavy atom. The number of thiazole rings is 2. The van der Waals surface area contributed by atoms with Gasteiger partial charge in [0.25, 0.3) is 0 Å². The van der Waals surface area contributed by atoms with Crippen molar-refractivity contribution in [3.8, 4) is 11.3 Å². The molecule has 32 heavy (non-hydrogen) atoms. The fourth-order valence-electron chi connectivity index (χ4n) is 3.50. The molecule has 0 unspecified atom stereocenters. The highest BCUT2D eigenvalue weighted by Gasteiger charge is 2.16. The van der Waals surface area contributed by atoms with Crippen LogP contribution in [0.1, 0.15) is 27.9 Å². The molecule has 0 bridgehead atoms. The second-order valence-corrected chi connectivity index (χ2v) is 9.64. The van der Waals surface area contributed by atoms with Crippen LogP contribution in [-0.4, -0.2) is 35.2 Å². The number of H-pyrrole nitrogens is 1. The van der Waals surface area contributed by atoms with Crippen LogP contribution < -0.4 is 5.32 Å². The molecule has 0 aromatic carbocycles. The van der Waals surface area contributed by atoms with E-state index in [0.29, 0.717) is 22.9 Å². The minimum Gasteiger partial charge on any atom is -0.339 e. The lowest BCUT2D eigenvalue weighted by Crippen LogP contribution is -2.20. The Morgan fingerprint density at radius 2 is 2.06 bits per heavy atom. The summed E-state index contributed by atoms with van der Waals surface area (Å²) in [5.74, 6) is 0.657. The summed E-state index contributed by atoms with van der Waals surface area (Å²) in [7, 11) is 0. The summed E-state index contributed by atoms with van der Waals surface area (Å²) >= 11 is 8.26. The van der Waals surface area contributed by atoms with Crippen LogP contribution in [0.4, 0.5) is 5.13 Å². The largest absolute Gasteiger partial charge is 0.339 e. The molecule has 4 aromatic heterocycles. The molecule has 1 amide bonds. The highest BCUT2D eigenvalue weighted by Crippen LogP contribution is 2.28. The summed E-state index contributed by atoms with van der Waals surface area (Å²) in [4.78, 5) is 21.8. The van der Waals surface area contributed by atoms with Gasteiger partial charge in [-0.05, 0) is 39.1 Å². The number of amides is 1. The first-order valence-corrected chi connectivity index (χ1v) is 12.1. The van der Waals surface area contributed by atoms with E-state index in [2.05, 4.69) is 38.1 Å². The van der Waals surface area contributed by atoms with Crippen LogP contribution in [0.25, 0.3) is 11.3 Å². The molecular formula is C21H23N7OS3. The van der Waals surface area contributed by atoms with Crippen molar-refractivity contribution >= 4 is 45.9 Å². The molecule has 11 heteroatoms. The zero-order valence-electron chi connectivity index (χ0n) is 18.0. The van der Waals surface area contributed by atoms with Crippen LogP contribution in [0.2, 0.25) is 0 Å². The molecule has 0 aliphatic heterocycles. The SMILES string of the molecule is C=CCn1c(Cc2csc(NC(=O)Cn3c(C)cc(-c4csc(C)n4)c3C)n2)n[nH]c1=S. The Hall–Kier alpha value is -2.89. The predicted octanol–water partition coefficient (Wildman–Crippen LogP) is 4.66. The normalized spacial score (nSPS) is 11.1. The van der Waals surface area contributed by atoms with Crippen LogP contribution in [0.5, 0.6) is 0 Å². The molecule has 4 rings (SSSR count). The molecule has 0 radical (unpaired) electrons. The number of aryl methyl sites for hydroxylation is 2. The zero-order chi connectivity index (χ0) is 22.8. The number of allylic oxidation sites excluding steroid dienone is 1. The minimum atomic E-state index is -0.122. The van der Waals surface area contributed by atoms with Gasteiger partial charge < -0.3 is 9.88 Å². The van der Waals surface area contributed by atoms with Gasteiger partial charge in [0.05, 0.1) is 22.8 Å². The fourth-order valence-corrected chi connectivity index (χ4v) is 5.07. The lowest BCUT2D eigenvalue weighted by Gasteiger charge is -2.09. The summed E-state index contributed by atoms with van der Waals surface area (Å²) in [6.07, 6.45) is 2.29. The van der Waals surface area contributed by atoms with Crippen LogP contribution in [0.3, 0.4) is 0 Å². The van der Waals surface area contributed by atoms with Gasteiger partial charge in [0.2, 0.25) is 5.91 Å². The lowest BCUT2D eigenvalue weighted by molar-refractivity contribution is -0.116. The van der Waals surface area contributed by atoms with Crippen molar-refractivity contribution in [3.63, 3.8) is 0 Å². The van der Waals surface area contributed by atoms with Crippen LogP contribution in [0, 0.1) is 25.5 Å². The van der Waals surface area contributed by atoms with Gasteiger partial charge in [0.15, 0.2) is 9.90 Å². The summed E-state index contributed by atoms with van der Waals surface area (Å²) in [6.45, 7) is 10.6. The molecule has 0 aliphatic carbocycles. The summed E-state index contributed by atoms with van der Waals surface area (Å²) in [6, 6.07) is 2.08. The quantitative estimate of drug-likeness (QED) is 0.280. The minimum absolute atomic E-state index is 0.122. The van der Waals surface area contributed by atoms with E-state index in [1.807, 2.05) is 40.7 Å². The molecule has 8 nitrogen and oxygen atoms in total. The Bertz CT molecular complexity index is 1340. The van der Waals surface area contributed by atoms with Crippen LogP contribution in [-0.2, 0) is 24.3 Å². The number of aromatic amines is 1. The first-order valence-electron chi connectivity index (χ1n) is 9.94. The van der Waals surface area contributed by atoms with Crippen LogP contribution >= 0.6 is 34.9 Å². The topological polar surface area (TPSA) is 93.4 Å². The maximum Gasteiger partial charge on any atom is 0.246 e. The Kier molecular flexibility index (Phi) is 6.49. The van der Waals surface area contributed by atoms with E-state index in [1.165, 1.54) is 11.3 Å². The van der Waals surface area contributed by atoms with E-state index in [-0.39, 0.29) is 12.5 Å². The molecular weight excluding hydrogens is 462 g/mol. The smallest absolute Gasteiger partial charge is 0.246 e. The lowest BCUT2D eigenvalue weighted by atomic mass is 10.2. The zero-order valence-corrected chi connectivity index (χ0v) is 20.5. The summed E-state index contributed by atoms with van der Waals surface area (Å²) in [5, 5.41) is 15.5. The van der Waals surface area contributed by atoms with Gasteiger partial charge in [-0.15, -0.1) is 29.3 Å². The average Bonchev–Trinajstić information content (AvgIpc) is 3.51. The van der Waals surface area contributed by atoms with Crippen molar-refractivity contribution < 1.29 is 4.79 Å². The van der Waals surface area contributed by atoms with Gasteiger partial charge in [0, 0.05) is 34.3 Å². The third-order valence-electron chi connectivity index (χ3n) is 5.06. The van der Waals surface area contributed by atoms with Crippen molar-refractivity contribution in [3.05, 3.63) is 62.2 Å². The van der Waals surface area contributed by atoms with Gasteiger partial charge in [-0.2, -0.15) is 5.10 Å². The Balaban J connectivity index is 1.44. The summed E-state index contributed by atoms with van der Waals surface area (Å²) < 4.78 is 4.42. The average molecular weight is 486 g/mol. The van der Waals surface area contributed by atoms with Gasteiger partial charge in [-0.3, -0.25) is 14.5 Å². The van der Waals surface area contributed by atoms with Crippen molar-refractivity contribution in [2.45, 2.75) is 40.3 Å². The molecule has 0 fully saturated rings. The van der Waals surface area contributed by atoms with Crippen molar-refractivity contribution in [1.29, 1.82) is 0 Å². The molecule has 2 N–H and O–H groups in total. The number of aromatic nitrogens is 6. The van der Waals surface area contributed by atoms with Crippen molar-refractivity contribution in [1.82, 2.24) is 29.3 Å². The predicted molar refractivity (Wildman–Crippen MR) is 131 cm³/mol. The third-order valence-corrected chi connectivity index (χ3v) is 6.95. The van der Waals surface area contributed by atoms with Gasteiger partial charge in [-0.25, -0.2) is 9.97 Å². The van der Waals surface area contributed by atoms with Crippen molar-refractivity contribution in [2.24, 2.45) is 0 Å². The van der Waals surface area contributed by atoms with E-state index in [9.17, 15) is 4.79 Å². The molecule has 0 aliphatic rings. The standard InChI is InChI=1S/C21H23N7OS3/c1-5-6-27-18(25-26-21(27)30)8-15-10-32-20(23-15)24-19(29)9-28-12(2)7-16(13(28)3)17-11-31-14(4)22-17/h5,7,10-11H,1,6,8-9H2,2-4H3,(H,26,30)(H,23,24,29). The molecule has 166 valence electrons. The second-order valence-electron chi connectivity index (χ2n) is 7.34. The second kappa shape index (κ2) is 9.31. The number of rotatable bonds is 8. The first-order chi connectivity index (χ1) is 15.4. The van der Waals surface area contributed by atoms with E-state index >= 15 is 0 Å². The number of nitrogens with zero attached hydrogens (tertiary/aromatic N) is 5. The maximum atomic E-state index is 12.7. The Morgan fingerprint density at radius 3 is 2.78 bits per heavy atom. The van der Waals surface area contributed by atoms with Gasteiger partial charge in [0.1, 0.15) is 12.4 Å². The van der Waals surface area contributed by atoms with E-state index in [1.54, 1.807) is 17.4 Å². The van der Waals surface area contributed by atoms with E-state index in [0.717, 1.165) is 39.2 Å². The van der Waals surface area contributed by atoms with E-state index in [4.69, 9.17) is 12.2 Å². The molecule has 4 heterocycles. The van der Waals surface area contributed by atoms with Crippen LogP contribution in [0.15, 0.2) is 29.5 Å². The number of hydrogen-bond acceptors (Lipinski definition) is 7. The van der Waals surface area contributed by atoms with Crippen molar-refractivity contribution in [2.75, 3.05) is 5.32 Å². The first kappa shape index (κ1) is 22.3. The third kappa shape index (κ3) is 4.64. The van der Waals surface area contributed by atoms with Gasteiger partial charge >= 0.3 is 0 Å². The highest BCUT2D eigenvalue weighted by atomic mass is 32.1. The van der Waals surface area contributed by atoms with E-state index < -0.39 is 0 Å². The summed E-state index contributed by atoms with van der Waals surface area (Å²) in [5.41, 5.74) is 4.87. The molecule has 4 aromatic rings. The molecule has 0 saturated heterocycles.